The zero-order valence-corrected chi connectivity index (χ0v) is 37.4. The van der Waals surface area contributed by atoms with Gasteiger partial charge in [-0.2, -0.15) is 0 Å². The average Bonchev–Trinajstić information content (AvgIpc) is 3.26. The minimum atomic E-state index is -3.11. The highest BCUT2D eigenvalue weighted by molar-refractivity contribution is 5.76. The third kappa shape index (κ3) is 15.6. The molecule has 0 amide bonds. The molecule has 0 aromatic heterocycles. The first-order valence-electron chi connectivity index (χ1n) is 22.0. The molecule has 10 atom stereocenters. The fraction of sp³-hybridized carbons (Fsp3) is 0.976. The van der Waals surface area contributed by atoms with E-state index in [1.54, 1.807) is 0 Å². The molecular weight excluding hydrogens is 856 g/mol. The first-order valence-corrected chi connectivity index (χ1v) is 22.0. The number of carboxylic acids is 1. The Labute approximate surface area is 375 Å². The van der Waals surface area contributed by atoms with Crippen LogP contribution in [0.3, 0.4) is 0 Å². The van der Waals surface area contributed by atoms with E-state index in [1.807, 2.05) is 13.8 Å². The molecule has 64 heavy (non-hydrogen) atoms. The van der Waals surface area contributed by atoms with Crippen molar-refractivity contribution in [2.75, 3.05) is 66.1 Å². The van der Waals surface area contributed by atoms with Gasteiger partial charge in [-0.25, -0.2) is 0 Å². The van der Waals surface area contributed by atoms with E-state index in [0.29, 0.717) is 6.42 Å². The lowest BCUT2D eigenvalue weighted by atomic mass is 9.30. The van der Waals surface area contributed by atoms with Gasteiger partial charge >= 0.3 is 5.97 Å². The molecule has 0 heterocycles. The molecule has 0 aliphatic carbocycles. The molecule has 0 fully saturated rings. The summed E-state index contributed by atoms with van der Waals surface area (Å²) >= 11 is 0. The van der Waals surface area contributed by atoms with E-state index in [0.717, 1.165) is 0 Å². The highest BCUT2D eigenvalue weighted by atomic mass is 16.4. The van der Waals surface area contributed by atoms with Crippen LogP contribution in [0.4, 0.5) is 0 Å². The van der Waals surface area contributed by atoms with Crippen molar-refractivity contribution in [1.29, 1.82) is 0 Å². The highest BCUT2D eigenvalue weighted by Crippen LogP contribution is 2.77. The SMILES string of the molecule is CC(C)CCCC(CC(O)CO)(CC(O)CO)C(CC(O)CO)(CC(O)CO)C(CC(O)CO)(CC(O)CO)C(CC(O)CO)(CC(O)CO)C(CC(O)CO)(CC(O)CO)C(=O)O. The van der Waals surface area contributed by atoms with E-state index in [9.17, 15) is 112 Å². The van der Waals surface area contributed by atoms with Gasteiger partial charge in [-0.1, -0.05) is 26.7 Å². The number of hydrogen-bond donors (Lipinski definition) is 21. The average molecular weight is 941 g/mol. The van der Waals surface area contributed by atoms with Gasteiger partial charge in [-0.15, -0.1) is 0 Å². The number of aliphatic carboxylic acids is 1. The second-order valence-corrected chi connectivity index (χ2v) is 18.6. The third-order valence-electron chi connectivity index (χ3n) is 13.6. The van der Waals surface area contributed by atoms with Gasteiger partial charge in [0.15, 0.2) is 0 Å². The molecule has 384 valence electrons. The normalized spacial score (nSPS) is 22.0. The second kappa shape index (κ2) is 29.5. The van der Waals surface area contributed by atoms with E-state index in [4.69, 9.17) is 0 Å². The van der Waals surface area contributed by atoms with Crippen LogP contribution < -0.4 is 0 Å². The lowest BCUT2D eigenvalue weighted by molar-refractivity contribution is -0.290. The molecule has 0 aliphatic rings. The molecule has 0 aromatic rings. The minimum Gasteiger partial charge on any atom is -0.481 e. The van der Waals surface area contributed by atoms with Crippen LogP contribution in [0.25, 0.3) is 0 Å². The van der Waals surface area contributed by atoms with Gasteiger partial charge in [0.2, 0.25) is 0 Å². The Bertz CT molecular complexity index is 1180. The minimum absolute atomic E-state index is 0.0589. The molecule has 0 spiro atoms. The predicted molar refractivity (Wildman–Crippen MR) is 226 cm³/mol. The summed E-state index contributed by atoms with van der Waals surface area (Å²) in [5, 5.41) is 235. The third-order valence-corrected chi connectivity index (χ3v) is 13.6. The topological polar surface area (TPSA) is 442 Å². The Morgan fingerprint density at radius 1 is 0.359 bits per heavy atom. The molecule has 0 bridgehead atoms. The van der Waals surface area contributed by atoms with E-state index in [-0.39, 0.29) is 18.8 Å². The summed E-state index contributed by atoms with van der Waals surface area (Å²) in [6.45, 7) is -8.23. The first kappa shape index (κ1) is 62.7. The van der Waals surface area contributed by atoms with Crippen molar-refractivity contribution in [3.63, 3.8) is 0 Å². The Morgan fingerprint density at radius 2 is 0.594 bits per heavy atom. The summed E-state index contributed by atoms with van der Waals surface area (Å²) in [5.74, 6) is -2.15. The van der Waals surface area contributed by atoms with E-state index < -0.39 is 224 Å². The van der Waals surface area contributed by atoms with Crippen molar-refractivity contribution < 1.29 is 112 Å². The molecule has 10 unspecified atom stereocenters. The molecule has 0 saturated heterocycles. The molecule has 21 N–H and O–H groups in total. The van der Waals surface area contributed by atoms with Crippen LogP contribution in [-0.4, -0.2) is 240 Å². The van der Waals surface area contributed by atoms with Crippen LogP contribution in [0, 0.1) is 33.0 Å². The Balaban J connectivity index is 11.0. The van der Waals surface area contributed by atoms with E-state index in [1.165, 1.54) is 0 Å². The molecular formula is C42H84O22. The van der Waals surface area contributed by atoms with Gasteiger partial charge in [-0.05, 0) is 98.2 Å². The summed E-state index contributed by atoms with van der Waals surface area (Å²) in [5.41, 5.74) is -13.8. The van der Waals surface area contributed by atoms with Crippen LogP contribution >= 0.6 is 0 Å². The summed E-state index contributed by atoms with van der Waals surface area (Å²) < 4.78 is 0. The Kier molecular flexibility index (Phi) is 28.9. The molecule has 0 rings (SSSR count). The van der Waals surface area contributed by atoms with E-state index >= 15 is 0 Å². The van der Waals surface area contributed by atoms with Gasteiger partial charge in [0, 0.05) is 0 Å². The van der Waals surface area contributed by atoms with Crippen LogP contribution in [0.5, 0.6) is 0 Å². The first-order chi connectivity index (χ1) is 29.9. The van der Waals surface area contributed by atoms with Gasteiger partial charge in [0.25, 0.3) is 0 Å². The molecule has 0 saturated carbocycles. The number of hydrogen-bond acceptors (Lipinski definition) is 21. The molecule has 0 radical (unpaired) electrons. The Hall–Kier alpha value is -1.33. The lowest BCUT2D eigenvalue weighted by Gasteiger charge is -2.73. The van der Waals surface area contributed by atoms with Crippen molar-refractivity contribution in [3.05, 3.63) is 0 Å². The van der Waals surface area contributed by atoms with Crippen molar-refractivity contribution in [1.82, 2.24) is 0 Å². The maximum atomic E-state index is 14.7. The highest BCUT2D eigenvalue weighted by Gasteiger charge is 2.76. The van der Waals surface area contributed by atoms with Crippen LogP contribution in [-0.2, 0) is 4.79 Å². The zero-order chi connectivity index (χ0) is 49.7. The fourth-order valence-electron chi connectivity index (χ4n) is 11.4. The van der Waals surface area contributed by atoms with E-state index in [2.05, 4.69) is 0 Å². The number of carbonyl (C=O) groups is 1. The quantitative estimate of drug-likeness (QED) is 0.0273. The second-order valence-electron chi connectivity index (χ2n) is 18.6. The van der Waals surface area contributed by atoms with Gasteiger partial charge in [0.1, 0.15) is 0 Å². The number of carboxylic acid groups (broad SMARTS) is 1. The molecule has 22 heteroatoms. The maximum absolute atomic E-state index is 14.7. The van der Waals surface area contributed by atoms with Crippen LogP contribution in [0.1, 0.15) is 97.3 Å². The van der Waals surface area contributed by atoms with Crippen molar-refractivity contribution in [2.45, 2.75) is 158 Å². The number of aliphatic hydroxyl groups excluding tert-OH is 20. The smallest absolute Gasteiger partial charge is 0.310 e. The van der Waals surface area contributed by atoms with Crippen molar-refractivity contribution in [2.24, 2.45) is 33.0 Å². The largest absolute Gasteiger partial charge is 0.481 e. The van der Waals surface area contributed by atoms with Gasteiger partial charge in [0.05, 0.1) is 133 Å². The zero-order valence-electron chi connectivity index (χ0n) is 37.4. The van der Waals surface area contributed by atoms with Crippen molar-refractivity contribution >= 4 is 5.97 Å². The number of aliphatic hydroxyl groups is 20. The van der Waals surface area contributed by atoms with Gasteiger partial charge < -0.3 is 107 Å². The number of rotatable bonds is 39. The summed E-state index contributed by atoms with van der Waals surface area (Å²) in [7, 11) is 0. The Morgan fingerprint density at radius 3 is 0.844 bits per heavy atom. The maximum Gasteiger partial charge on any atom is 0.310 e. The molecule has 22 nitrogen and oxygen atoms in total. The standard InChI is InChI=1S/C42H84O22/c1-26(2)4-3-5-38(6-27(53)16-43,7-28(54)17-44)40(10-31(57)20-47,11-32(58)21-48)42(14-35(61)24-51,15-36(62)25-52)41(12-33(59)22-49,13-34(60)23-50)39(37(63)64,8-29(55)18-45)9-30(56)19-46/h26-36,43-62H,3-25H2,1-2H3,(H,63,64). The summed E-state index contributed by atoms with van der Waals surface area (Å²) in [4.78, 5) is 14.7. The lowest BCUT2D eigenvalue weighted by Crippen LogP contribution is -2.72. The fourth-order valence-corrected chi connectivity index (χ4v) is 11.4. The molecule has 0 aromatic carbocycles. The summed E-state index contributed by atoms with van der Waals surface area (Å²) in [6.07, 6.45) is -31.5. The van der Waals surface area contributed by atoms with Crippen molar-refractivity contribution in [3.8, 4) is 0 Å². The summed E-state index contributed by atoms with van der Waals surface area (Å²) in [6, 6.07) is 0. The van der Waals surface area contributed by atoms with Gasteiger partial charge in [-0.3, -0.25) is 4.79 Å². The molecule has 0 aliphatic heterocycles. The van der Waals surface area contributed by atoms with Crippen LogP contribution in [0.2, 0.25) is 0 Å². The van der Waals surface area contributed by atoms with Crippen LogP contribution in [0.15, 0.2) is 0 Å². The monoisotopic (exact) mass is 941 g/mol. The predicted octanol–water partition coefficient (Wildman–Crippen LogP) is -5.74.